The smallest absolute Gasteiger partial charge is 0.319 e. The van der Waals surface area contributed by atoms with Gasteiger partial charge >= 0.3 is 6.03 Å². The fourth-order valence-electron chi connectivity index (χ4n) is 2.03. The Morgan fingerprint density at radius 1 is 1.17 bits per heavy atom. The Balaban J connectivity index is 2.09. The van der Waals surface area contributed by atoms with Crippen LogP contribution in [0.2, 0.25) is 0 Å². The molecule has 1 heterocycles. The highest BCUT2D eigenvalue weighted by Gasteiger charge is 2.15. The van der Waals surface area contributed by atoms with Crippen molar-refractivity contribution < 1.29 is 18.4 Å². The molecule has 24 heavy (non-hydrogen) atoms. The van der Waals surface area contributed by atoms with Gasteiger partial charge in [-0.1, -0.05) is 0 Å². The number of aromatic nitrogens is 2. The Kier molecular flexibility index (Phi) is 5.12. The van der Waals surface area contributed by atoms with E-state index < -0.39 is 23.6 Å². The number of hydrogen-bond acceptors (Lipinski definition) is 3. The van der Waals surface area contributed by atoms with E-state index in [0.717, 1.165) is 11.6 Å². The van der Waals surface area contributed by atoms with Crippen LogP contribution in [-0.2, 0) is 11.8 Å². The standard InChI is InChI=1S/C15H17F2N5O2/c1-8(10-6-18-22(3)7-10)19-15(24)21-14-5-13(20-9(2)23)11(16)4-12(14)17/h4-8H,1-3H3,(H,20,23)(H2,19,21,24)/t8-/m1/s1. The van der Waals surface area contributed by atoms with Gasteiger partial charge in [-0.15, -0.1) is 0 Å². The van der Waals surface area contributed by atoms with Crippen LogP contribution in [0.5, 0.6) is 0 Å². The lowest BCUT2D eigenvalue weighted by Crippen LogP contribution is -2.31. The Morgan fingerprint density at radius 3 is 2.33 bits per heavy atom. The van der Waals surface area contributed by atoms with E-state index in [-0.39, 0.29) is 17.4 Å². The highest BCUT2D eigenvalue weighted by molar-refractivity contribution is 5.93. The first kappa shape index (κ1) is 17.4. The second kappa shape index (κ2) is 7.07. The highest BCUT2D eigenvalue weighted by atomic mass is 19.1. The Bertz CT molecular complexity index is 775. The molecule has 0 spiro atoms. The number of carbonyl (C=O) groups excluding carboxylic acids is 2. The fourth-order valence-corrected chi connectivity index (χ4v) is 2.03. The van der Waals surface area contributed by atoms with Gasteiger partial charge in [0.1, 0.15) is 11.6 Å². The van der Waals surface area contributed by atoms with Gasteiger partial charge < -0.3 is 16.0 Å². The number of anilines is 2. The first-order valence-corrected chi connectivity index (χ1v) is 7.09. The topological polar surface area (TPSA) is 88.1 Å². The second-order valence-electron chi connectivity index (χ2n) is 5.26. The molecule has 128 valence electrons. The minimum Gasteiger partial charge on any atom is -0.331 e. The Morgan fingerprint density at radius 2 is 1.79 bits per heavy atom. The van der Waals surface area contributed by atoms with Gasteiger partial charge in [-0.05, 0) is 13.0 Å². The molecule has 0 saturated heterocycles. The van der Waals surface area contributed by atoms with Gasteiger partial charge in [0.2, 0.25) is 5.91 Å². The van der Waals surface area contributed by atoms with Crippen molar-refractivity contribution in [1.82, 2.24) is 15.1 Å². The number of halogens is 2. The number of carbonyl (C=O) groups is 2. The number of hydrogen-bond donors (Lipinski definition) is 3. The molecule has 9 heteroatoms. The summed E-state index contributed by atoms with van der Waals surface area (Å²) in [5.41, 5.74) is 0.293. The van der Waals surface area contributed by atoms with Gasteiger partial charge in [0.15, 0.2) is 0 Å². The molecule has 0 aliphatic carbocycles. The highest BCUT2D eigenvalue weighted by Crippen LogP contribution is 2.23. The third-order valence-electron chi connectivity index (χ3n) is 3.19. The summed E-state index contributed by atoms with van der Waals surface area (Å²) in [6, 6.07) is 0.564. The first-order valence-electron chi connectivity index (χ1n) is 7.09. The molecule has 7 nitrogen and oxygen atoms in total. The maximum Gasteiger partial charge on any atom is 0.319 e. The predicted molar refractivity (Wildman–Crippen MR) is 84.4 cm³/mol. The molecule has 0 fully saturated rings. The number of rotatable bonds is 4. The van der Waals surface area contributed by atoms with Gasteiger partial charge in [0, 0.05) is 31.8 Å². The summed E-state index contributed by atoms with van der Waals surface area (Å²) < 4.78 is 28.9. The molecule has 0 saturated carbocycles. The molecule has 2 aromatic rings. The van der Waals surface area contributed by atoms with Crippen molar-refractivity contribution in [3.63, 3.8) is 0 Å². The van der Waals surface area contributed by atoms with Crippen molar-refractivity contribution >= 4 is 23.3 Å². The molecule has 1 aromatic carbocycles. The van der Waals surface area contributed by atoms with Crippen LogP contribution in [0.15, 0.2) is 24.5 Å². The van der Waals surface area contributed by atoms with E-state index in [1.807, 2.05) is 0 Å². The molecule has 0 unspecified atom stereocenters. The second-order valence-corrected chi connectivity index (χ2v) is 5.26. The van der Waals surface area contributed by atoms with E-state index in [2.05, 4.69) is 21.0 Å². The van der Waals surface area contributed by atoms with Crippen LogP contribution in [0.1, 0.15) is 25.5 Å². The summed E-state index contributed by atoms with van der Waals surface area (Å²) in [5, 5.41) is 11.1. The van der Waals surface area contributed by atoms with Crippen molar-refractivity contribution in [3.05, 3.63) is 41.7 Å². The lowest BCUT2D eigenvalue weighted by atomic mass is 10.2. The van der Waals surface area contributed by atoms with Crippen LogP contribution >= 0.6 is 0 Å². The lowest BCUT2D eigenvalue weighted by Gasteiger charge is -2.14. The van der Waals surface area contributed by atoms with Gasteiger partial charge in [-0.2, -0.15) is 5.10 Å². The molecule has 0 aliphatic rings. The minimum atomic E-state index is -0.953. The Hall–Kier alpha value is -2.97. The zero-order valence-corrected chi connectivity index (χ0v) is 13.4. The number of benzene rings is 1. The van der Waals surface area contributed by atoms with Crippen molar-refractivity contribution in [3.8, 4) is 0 Å². The average molecular weight is 337 g/mol. The van der Waals surface area contributed by atoms with Crippen molar-refractivity contribution in [1.29, 1.82) is 0 Å². The number of aryl methyl sites for hydroxylation is 1. The van der Waals surface area contributed by atoms with Crippen molar-refractivity contribution in [2.24, 2.45) is 7.05 Å². The SMILES string of the molecule is CC(=O)Nc1cc(NC(=O)N[C@H](C)c2cnn(C)c2)c(F)cc1F. The molecule has 0 aliphatic heterocycles. The average Bonchev–Trinajstić information content (AvgIpc) is 2.90. The monoisotopic (exact) mass is 337 g/mol. The molecule has 1 aromatic heterocycles. The van der Waals surface area contributed by atoms with Gasteiger partial charge in [-0.3, -0.25) is 9.48 Å². The van der Waals surface area contributed by atoms with Crippen LogP contribution < -0.4 is 16.0 Å². The van der Waals surface area contributed by atoms with Crippen LogP contribution in [0.25, 0.3) is 0 Å². The van der Waals surface area contributed by atoms with Crippen LogP contribution in [-0.4, -0.2) is 21.7 Å². The zero-order chi connectivity index (χ0) is 17.9. The maximum absolute atomic E-state index is 13.8. The molecule has 3 amide bonds. The molecular weight excluding hydrogens is 320 g/mol. The molecule has 3 N–H and O–H groups in total. The molecule has 1 atom stereocenters. The van der Waals surface area contributed by atoms with Crippen LogP contribution in [0.4, 0.5) is 25.0 Å². The fraction of sp³-hybridized carbons (Fsp3) is 0.267. The van der Waals surface area contributed by atoms with Crippen molar-refractivity contribution in [2.45, 2.75) is 19.9 Å². The summed E-state index contributed by atoms with van der Waals surface area (Å²) in [6.07, 6.45) is 3.33. The number of amides is 3. The van der Waals surface area contributed by atoms with E-state index in [0.29, 0.717) is 6.07 Å². The summed E-state index contributed by atoms with van der Waals surface area (Å²) in [7, 11) is 1.74. The quantitative estimate of drug-likeness (QED) is 0.801. The zero-order valence-electron chi connectivity index (χ0n) is 13.4. The van der Waals surface area contributed by atoms with Crippen molar-refractivity contribution in [2.75, 3.05) is 10.6 Å². The lowest BCUT2D eigenvalue weighted by molar-refractivity contribution is -0.114. The summed E-state index contributed by atoms with van der Waals surface area (Å²) in [5.74, 6) is -2.40. The third-order valence-corrected chi connectivity index (χ3v) is 3.19. The molecule has 0 bridgehead atoms. The molecule has 2 rings (SSSR count). The van der Waals surface area contributed by atoms with Gasteiger partial charge in [0.25, 0.3) is 0 Å². The van der Waals surface area contributed by atoms with E-state index in [1.54, 1.807) is 31.0 Å². The Labute approximate surface area is 137 Å². The van der Waals surface area contributed by atoms with Gasteiger partial charge in [0.05, 0.1) is 23.6 Å². The maximum atomic E-state index is 13.8. The predicted octanol–water partition coefficient (Wildman–Crippen LogP) is 2.54. The van der Waals surface area contributed by atoms with E-state index in [1.165, 1.54) is 6.92 Å². The van der Waals surface area contributed by atoms with E-state index in [4.69, 9.17) is 0 Å². The van der Waals surface area contributed by atoms with E-state index >= 15 is 0 Å². The summed E-state index contributed by atoms with van der Waals surface area (Å²) in [4.78, 5) is 23.0. The van der Waals surface area contributed by atoms with Gasteiger partial charge in [-0.25, -0.2) is 13.6 Å². The van der Waals surface area contributed by atoms with E-state index in [9.17, 15) is 18.4 Å². The largest absolute Gasteiger partial charge is 0.331 e. The minimum absolute atomic E-state index is 0.223. The number of urea groups is 1. The summed E-state index contributed by atoms with van der Waals surface area (Å²) in [6.45, 7) is 2.93. The number of nitrogens with zero attached hydrogens (tertiary/aromatic N) is 2. The third kappa shape index (κ3) is 4.28. The van der Waals surface area contributed by atoms with Crippen LogP contribution in [0, 0.1) is 11.6 Å². The normalized spacial score (nSPS) is 11.7. The summed E-state index contributed by atoms with van der Waals surface area (Å²) >= 11 is 0. The van der Waals surface area contributed by atoms with Crippen LogP contribution in [0.3, 0.4) is 0 Å². The molecular formula is C15H17F2N5O2. The molecule has 0 radical (unpaired) electrons. The first-order chi connectivity index (χ1) is 11.3. The number of nitrogens with one attached hydrogen (secondary N) is 3.